The zero-order chi connectivity index (χ0) is 17.7. The lowest BCUT2D eigenvalue weighted by Crippen LogP contribution is -2.34. The zero-order valence-electron chi connectivity index (χ0n) is 14.1. The first-order valence-electron chi connectivity index (χ1n) is 7.74. The Kier molecular flexibility index (Phi) is 5.68. The average molecular weight is 328 g/mol. The molecule has 2 aromatic rings. The number of nitrogens with one attached hydrogen (secondary N) is 2. The van der Waals surface area contributed by atoms with Crippen LogP contribution < -0.4 is 10.6 Å². The molecule has 0 heterocycles. The SMILES string of the molecule is Cc1cc(C)c(NC(=O)CNC(=O)Cc2ccc(F)cc2)c(C)c1. The van der Waals surface area contributed by atoms with Crippen molar-refractivity contribution in [1.82, 2.24) is 5.32 Å². The van der Waals surface area contributed by atoms with E-state index in [1.54, 1.807) is 12.1 Å². The number of hydrogen-bond donors (Lipinski definition) is 2. The van der Waals surface area contributed by atoms with E-state index in [9.17, 15) is 14.0 Å². The van der Waals surface area contributed by atoms with Crippen LogP contribution in [0.1, 0.15) is 22.3 Å². The Hall–Kier alpha value is -2.69. The summed E-state index contributed by atoms with van der Waals surface area (Å²) in [4.78, 5) is 23.9. The van der Waals surface area contributed by atoms with Crippen molar-refractivity contribution in [2.24, 2.45) is 0 Å². The van der Waals surface area contributed by atoms with Crippen LogP contribution in [-0.4, -0.2) is 18.4 Å². The van der Waals surface area contributed by atoms with E-state index in [2.05, 4.69) is 10.6 Å². The Morgan fingerprint density at radius 1 is 0.958 bits per heavy atom. The van der Waals surface area contributed by atoms with Gasteiger partial charge in [-0.25, -0.2) is 4.39 Å². The molecule has 0 saturated heterocycles. The van der Waals surface area contributed by atoms with Crippen LogP contribution in [0.25, 0.3) is 0 Å². The number of carbonyl (C=O) groups excluding carboxylic acids is 2. The zero-order valence-corrected chi connectivity index (χ0v) is 14.1. The molecule has 2 N–H and O–H groups in total. The number of amides is 2. The number of anilines is 1. The summed E-state index contributed by atoms with van der Waals surface area (Å²) >= 11 is 0. The van der Waals surface area contributed by atoms with Crippen LogP contribution in [0.2, 0.25) is 0 Å². The van der Waals surface area contributed by atoms with E-state index in [4.69, 9.17) is 0 Å². The monoisotopic (exact) mass is 328 g/mol. The standard InChI is InChI=1S/C19H21FN2O2/c1-12-8-13(2)19(14(3)9-12)22-18(24)11-21-17(23)10-15-4-6-16(20)7-5-15/h4-9H,10-11H2,1-3H3,(H,21,23)(H,22,24). The van der Waals surface area contributed by atoms with Crippen molar-refractivity contribution in [2.45, 2.75) is 27.2 Å². The van der Waals surface area contributed by atoms with Gasteiger partial charge < -0.3 is 10.6 Å². The summed E-state index contributed by atoms with van der Waals surface area (Å²) in [7, 11) is 0. The van der Waals surface area contributed by atoms with Crippen molar-refractivity contribution in [3.63, 3.8) is 0 Å². The molecule has 0 radical (unpaired) electrons. The molecule has 4 nitrogen and oxygen atoms in total. The molecular weight excluding hydrogens is 307 g/mol. The Bertz CT molecular complexity index is 731. The van der Waals surface area contributed by atoms with E-state index in [0.29, 0.717) is 5.56 Å². The van der Waals surface area contributed by atoms with E-state index in [-0.39, 0.29) is 30.6 Å². The topological polar surface area (TPSA) is 58.2 Å². The van der Waals surface area contributed by atoms with E-state index in [1.807, 2.05) is 32.9 Å². The van der Waals surface area contributed by atoms with Gasteiger partial charge in [-0.3, -0.25) is 9.59 Å². The molecule has 126 valence electrons. The van der Waals surface area contributed by atoms with Crippen molar-refractivity contribution in [2.75, 3.05) is 11.9 Å². The highest BCUT2D eigenvalue weighted by Gasteiger charge is 2.10. The molecule has 0 saturated carbocycles. The summed E-state index contributed by atoms with van der Waals surface area (Å²) in [5.41, 5.74) is 4.57. The second-order valence-electron chi connectivity index (χ2n) is 5.90. The van der Waals surface area contributed by atoms with Crippen molar-refractivity contribution < 1.29 is 14.0 Å². The summed E-state index contributed by atoms with van der Waals surface area (Å²) < 4.78 is 12.8. The van der Waals surface area contributed by atoms with E-state index < -0.39 is 0 Å². The van der Waals surface area contributed by atoms with Gasteiger partial charge in [0.15, 0.2) is 0 Å². The van der Waals surface area contributed by atoms with Gasteiger partial charge in [0.25, 0.3) is 0 Å². The Morgan fingerprint density at radius 3 is 2.12 bits per heavy atom. The molecule has 0 aliphatic carbocycles. The smallest absolute Gasteiger partial charge is 0.243 e. The largest absolute Gasteiger partial charge is 0.347 e. The number of aryl methyl sites for hydroxylation is 3. The quantitative estimate of drug-likeness (QED) is 0.886. The Labute approximate surface area is 141 Å². The number of halogens is 1. The first-order chi connectivity index (χ1) is 11.3. The Balaban J connectivity index is 1.87. The molecule has 0 aliphatic heterocycles. The maximum Gasteiger partial charge on any atom is 0.243 e. The van der Waals surface area contributed by atoms with Crippen molar-refractivity contribution in [3.8, 4) is 0 Å². The molecule has 24 heavy (non-hydrogen) atoms. The van der Waals surface area contributed by atoms with Crippen LogP contribution in [0.4, 0.5) is 10.1 Å². The van der Waals surface area contributed by atoms with Gasteiger partial charge >= 0.3 is 0 Å². The van der Waals surface area contributed by atoms with Gasteiger partial charge in [0.05, 0.1) is 13.0 Å². The van der Waals surface area contributed by atoms with Crippen LogP contribution in [-0.2, 0) is 16.0 Å². The predicted octanol–water partition coefficient (Wildman–Crippen LogP) is 3.05. The molecular formula is C19H21FN2O2. The highest BCUT2D eigenvalue weighted by molar-refractivity contribution is 5.96. The fourth-order valence-electron chi connectivity index (χ4n) is 2.59. The van der Waals surface area contributed by atoms with Crippen LogP contribution >= 0.6 is 0 Å². The summed E-state index contributed by atoms with van der Waals surface area (Å²) in [6.45, 7) is 5.76. The third-order valence-corrected chi connectivity index (χ3v) is 3.67. The maximum absolute atomic E-state index is 12.8. The molecule has 0 spiro atoms. The maximum atomic E-state index is 12.8. The molecule has 0 atom stereocenters. The molecule has 0 fully saturated rings. The van der Waals surface area contributed by atoms with Crippen LogP contribution in [0.15, 0.2) is 36.4 Å². The number of rotatable bonds is 5. The summed E-state index contributed by atoms with van der Waals surface area (Å²) in [6.07, 6.45) is 0.107. The summed E-state index contributed by atoms with van der Waals surface area (Å²) in [5, 5.41) is 5.40. The second-order valence-corrected chi connectivity index (χ2v) is 5.90. The Morgan fingerprint density at radius 2 is 1.54 bits per heavy atom. The highest BCUT2D eigenvalue weighted by Crippen LogP contribution is 2.21. The third-order valence-electron chi connectivity index (χ3n) is 3.67. The first kappa shape index (κ1) is 17.7. The first-order valence-corrected chi connectivity index (χ1v) is 7.74. The fourth-order valence-corrected chi connectivity index (χ4v) is 2.59. The highest BCUT2D eigenvalue weighted by atomic mass is 19.1. The van der Waals surface area contributed by atoms with Crippen molar-refractivity contribution in [3.05, 3.63) is 64.5 Å². The molecule has 2 aromatic carbocycles. The van der Waals surface area contributed by atoms with Gasteiger partial charge in [-0.05, 0) is 49.6 Å². The van der Waals surface area contributed by atoms with Gasteiger partial charge in [-0.2, -0.15) is 0 Å². The van der Waals surface area contributed by atoms with E-state index in [1.165, 1.54) is 12.1 Å². The van der Waals surface area contributed by atoms with Gasteiger partial charge in [0.2, 0.25) is 11.8 Å². The molecule has 0 unspecified atom stereocenters. The number of carbonyl (C=O) groups is 2. The predicted molar refractivity (Wildman–Crippen MR) is 92.4 cm³/mol. The minimum atomic E-state index is -0.345. The van der Waals surface area contributed by atoms with E-state index in [0.717, 1.165) is 22.4 Å². The third kappa shape index (κ3) is 4.91. The van der Waals surface area contributed by atoms with Crippen LogP contribution in [0.5, 0.6) is 0 Å². The lowest BCUT2D eigenvalue weighted by atomic mass is 10.1. The van der Waals surface area contributed by atoms with Crippen LogP contribution in [0, 0.1) is 26.6 Å². The lowest BCUT2D eigenvalue weighted by molar-refractivity contribution is -0.123. The average Bonchev–Trinajstić information content (AvgIpc) is 2.51. The minimum Gasteiger partial charge on any atom is -0.347 e. The van der Waals surface area contributed by atoms with Gasteiger partial charge in [-0.1, -0.05) is 29.8 Å². The molecule has 5 heteroatoms. The van der Waals surface area contributed by atoms with Gasteiger partial charge in [-0.15, -0.1) is 0 Å². The van der Waals surface area contributed by atoms with Gasteiger partial charge in [0.1, 0.15) is 5.82 Å². The molecule has 0 aromatic heterocycles. The molecule has 0 bridgehead atoms. The number of benzene rings is 2. The van der Waals surface area contributed by atoms with Crippen LogP contribution in [0.3, 0.4) is 0 Å². The fraction of sp³-hybridized carbons (Fsp3) is 0.263. The summed E-state index contributed by atoms with van der Waals surface area (Å²) in [5.74, 6) is -0.908. The molecule has 0 aliphatic rings. The molecule has 2 rings (SSSR count). The normalized spacial score (nSPS) is 10.3. The minimum absolute atomic E-state index is 0.104. The van der Waals surface area contributed by atoms with E-state index >= 15 is 0 Å². The summed E-state index contributed by atoms with van der Waals surface area (Å²) in [6, 6.07) is 9.70. The second kappa shape index (κ2) is 7.73. The molecule has 2 amide bonds. The van der Waals surface area contributed by atoms with Crippen molar-refractivity contribution in [1.29, 1.82) is 0 Å². The lowest BCUT2D eigenvalue weighted by Gasteiger charge is -2.13. The number of hydrogen-bond acceptors (Lipinski definition) is 2. The van der Waals surface area contributed by atoms with Gasteiger partial charge in [0, 0.05) is 5.69 Å². The van der Waals surface area contributed by atoms with Crippen molar-refractivity contribution >= 4 is 17.5 Å².